The summed E-state index contributed by atoms with van der Waals surface area (Å²) in [5.41, 5.74) is 7.38. The van der Waals surface area contributed by atoms with E-state index in [4.69, 9.17) is 5.73 Å². The van der Waals surface area contributed by atoms with Gasteiger partial charge in [-0.05, 0) is 42.9 Å². The second-order valence-electron chi connectivity index (χ2n) is 7.39. The van der Waals surface area contributed by atoms with Crippen LogP contribution in [0.25, 0.3) is 0 Å². The molecule has 0 radical (unpaired) electrons. The molecular weight excluding hydrogens is 314 g/mol. The quantitative estimate of drug-likeness (QED) is 0.854. The zero-order valence-electron chi connectivity index (χ0n) is 15.0. The monoisotopic (exact) mass is 343 g/mol. The van der Waals surface area contributed by atoms with Gasteiger partial charge in [-0.3, -0.25) is 9.59 Å². The molecule has 0 bridgehead atoms. The number of nitrogens with two attached hydrogens (primary N) is 1. The molecule has 0 unspecified atom stereocenters. The first-order valence-corrected chi connectivity index (χ1v) is 9.52. The fourth-order valence-corrected chi connectivity index (χ4v) is 3.93. The van der Waals surface area contributed by atoms with E-state index in [9.17, 15) is 9.59 Å². The number of benzene rings is 1. The van der Waals surface area contributed by atoms with Crippen molar-refractivity contribution in [3.05, 3.63) is 29.8 Å². The molecule has 5 nitrogen and oxygen atoms in total. The van der Waals surface area contributed by atoms with Crippen molar-refractivity contribution in [3.8, 4) is 0 Å². The first kappa shape index (κ1) is 17.8. The molecule has 1 aliphatic carbocycles. The van der Waals surface area contributed by atoms with E-state index in [1.54, 1.807) is 0 Å². The Labute approximate surface area is 150 Å². The second-order valence-corrected chi connectivity index (χ2v) is 7.39. The Morgan fingerprint density at radius 2 is 1.48 bits per heavy atom. The maximum absolute atomic E-state index is 12.6. The van der Waals surface area contributed by atoms with Crippen molar-refractivity contribution in [1.29, 1.82) is 0 Å². The van der Waals surface area contributed by atoms with Crippen molar-refractivity contribution in [1.82, 2.24) is 9.80 Å². The molecule has 0 spiro atoms. The molecular formula is C20H29N3O2. The normalized spacial score (nSPS) is 19.0. The molecule has 0 aromatic heterocycles. The van der Waals surface area contributed by atoms with Crippen molar-refractivity contribution in [2.24, 2.45) is 5.92 Å². The van der Waals surface area contributed by atoms with Crippen LogP contribution in [0.1, 0.15) is 44.1 Å². The highest BCUT2D eigenvalue weighted by atomic mass is 16.2. The van der Waals surface area contributed by atoms with Crippen LogP contribution in [0.3, 0.4) is 0 Å². The number of rotatable bonds is 4. The number of nitrogens with zero attached hydrogens (tertiary/aromatic N) is 2. The Morgan fingerprint density at radius 1 is 0.880 bits per heavy atom. The summed E-state index contributed by atoms with van der Waals surface area (Å²) in [7, 11) is 0. The maximum Gasteiger partial charge on any atom is 0.227 e. The summed E-state index contributed by atoms with van der Waals surface area (Å²) in [6.45, 7) is 2.82. The summed E-state index contributed by atoms with van der Waals surface area (Å²) < 4.78 is 0. The van der Waals surface area contributed by atoms with Crippen LogP contribution >= 0.6 is 0 Å². The Balaban J connectivity index is 1.49. The van der Waals surface area contributed by atoms with E-state index >= 15 is 0 Å². The third kappa shape index (κ3) is 4.97. The van der Waals surface area contributed by atoms with Crippen LogP contribution in [0, 0.1) is 5.92 Å². The summed E-state index contributed by atoms with van der Waals surface area (Å²) in [5.74, 6) is 0.994. The minimum Gasteiger partial charge on any atom is -0.399 e. The summed E-state index contributed by atoms with van der Waals surface area (Å²) >= 11 is 0. The number of amides is 2. The molecule has 1 aliphatic heterocycles. The van der Waals surface area contributed by atoms with Gasteiger partial charge in [0.25, 0.3) is 0 Å². The minimum atomic E-state index is 0.134. The van der Waals surface area contributed by atoms with E-state index in [0.29, 0.717) is 37.5 Å². The van der Waals surface area contributed by atoms with E-state index in [2.05, 4.69) is 0 Å². The van der Waals surface area contributed by atoms with E-state index in [-0.39, 0.29) is 11.8 Å². The summed E-state index contributed by atoms with van der Waals surface area (Å²) in [6.07, 6.45) is 6.90. The molecule has 0 atom stereocenters. The molecule has 2 aliphatic rings. The van der Waals surface area contributed by atoms with Crippen LogP contribution in [0.4, 0.5) is 5.69 Å². The average Bonchev–Trinajstić information content (AvgIpc) is 2.98. The molecule has 2 fully saturated rings. The van der Waals surface area contributed by atoms with Crippen LogP contribution in [-0.4, -0.2) is 47.8 Å². The lowest BCUT2D eigenvalue weighted by Crippen LogP contribution is -2.38. The first-order valence-electron chi connectivity index (χ1n) is 9.52. The van der Waals surface area contributed by atoms with E-state index in [1.807, 2.05) is 34.1 Å². The van der Waals surface area contributed by atoms with Crippen molar-refractivity contribution in [2.45, 2.75) is 44.9 Å². The van der Waals surface area contributed by atoms with Gasteiger partial charge in [0.05, 0.1) is 6.42 Å². The second kappa shape index (κ2) is 8.37. The summed E-state index contributed by atoms with van der Waals surface area (Å²) in [6, 6.07) is 7.47. The van der Waals surface area contributed by atoms with Gasteiger partial charge >= 0.3 is 0 Å². The Hall–Kier alpha value is -2.04. The van der Waals surface area contributed by atoms with E-state index < -0.39 is 0 Å². The summed E-state index contributed by atoms with van der Waals surface area (Å²) in [5, 5.41) is 0. The van der Waals surface area contributed by atoms with Crippen LogP contribution < -0.4 is 5.73 Å². The molecule has 25 heavy (non-hydrogen) atoms. The molecule has 1 saturated heterocycles. The Bertz CT molecular complexity index is 593. The molecule has 2 N–H and O–H groups in total. The highest BCUT2D eigenvalue weighted by Gasteiger charge is 2.25. The number of anilines is 1. The van der Waals surface area contributed by atoms with Crippen molar-refractivity contribution >= 4 is 17.5 Å². The Morgan fingerprint density at radius 3 is 2.12 bits per heavy atom. The smallest absolute Gasteiger partial charge is 0.227 e. The van der Waals surface area contributed by atoms with Crippen LogP contribution in [0.5, 0.6) is 0 Å². The van der Waals surface area contributed by atoms with Crippen LogP contribution in [0.2, 0.25) is 0 Å². The zero-order valence-corrected chi connectivity index (χ0v) is 15.0. The van der Waals surface area contributed by atoms with E-state index in [0.717, 1.165) is 25.1 Å². The molecule has 5 heteroatoms. The van der Waals surface area contributed by atoms with Gasteiger partial charge in [-0.25, -0.2) is 0 Å². The standard InChI is InChI=1S/C20H29N3O2/c21-18-8-6-17(7-9-18)15-20(25)23-11-3-10-22(12-13-23)19(24)14-16-4-1-2-5-16/h6-9,16H,1-5,10-15,21H2. The van der Waals surface area contributed by atoms with Gasteiger partial charge in [-0.1, -0.05) is 25.0 Å². The van der Waals surface area contributed by atoms with Gasteiger partial charge in [-0.15, -0.1) is 0 Å². The largest absolute Gasteiger partial charge is 0.399 e. The van der Waals surface area contributed by atoms with Gasteiger partial charge in [0.15, 0.2) is 0 Å². The molecule has 1 saturated carbocycles. The fraction of sp³-hybridized carbons (Fsp3) is 0.600. The van der Waals surface area contributed by atoms with Crippen molar-refractivity contribution in [3.63, 3.8) is 0 Å². The van der Waals surface area contributed by atoms with Crippen molar-refractivity contribution < 1.29 is 9.59 Å². The lowest BCUT2D eigenvalue weighted by molar-refractivity contribution is -0.133. The average molecular weight is 343 g/mol. The van der Waals surface area contributed by atoms with Gasteiger partial charge in [0.2, 0.25) is 11.8 Å². The molecule has 3 rings (SSSR count). The lowest BCUT2D eigenvalue weighted by Gasteiger charge is -2.23. The zero-order chi connectivity index (χ0) is 17.6. The maximum atomic E-state index is 12.6. The first-order chi connectivity index (χ1) is 12.1. The van der Waals surface area contributed by atoms with Gasteiger partial charge in [0, 0.05) is 38.3 Å². The van der Waals surface area contributed by atoms with Gasteiger partial charge < -0.3 is 15.5 Å². The topological polar surface area (TPSA) is 66.6 Å². The number of hydrogen-bond donors (Lipinski definition) is 1. The number of carbonyl (C=O) groups is 2. The van der Waals surface area contributed by atoms with Crippen molar-refractivity contribution in [2.75, 3.05) is 31.9 Å². The fourth-order valence-electron chi connectivity index (χ4n) is 3.93. The van der Waals surface area contributed by atoms with Gasteiger partial charge in [0.1, 0.15) is 0 Å². The van der Waals surface area contributed by atoms with Crippen LogP contribution in [0.15, 0.2) is 24.3 Å². The van der Waals surface area contributed by atoms with Crippen LogP contribution in [-0.2, 0) is 16.0 Å². The minimum absolute atomic E-state index is 0.134. The number of hydrogen-bond acceptors (Lipinski definition) is 3. The van der Waals surface area contributed by atoms with Gasteiger partial charge in [-0.2, -0.15) is 0 Å². The highest BCUT2D eigenvalue weighted by molar-refractivity contribution is 5.79. The molecule has 1 aromatic rings. The molecule has 1 aromatic carbocycles. The predicted molar refractivity (Wildman–Crippen MR) is 98.9 cm³/mol. The highest BCUT2D eigenvalue weighted by Crippen LogP contribution is 2.28. The third-order valence-corrected chi connectivity index (χ3v) is 5.47. The third-order valence-electron chi connectivity index (χ3n) is 5.47. The molecule has 136 valence electrons. The number of carbonyl (C=O) groups excluding carboxylic acids is 2. The van der Waals surface area contributed by atoms with E-state index in [1.165, 1.54) is 25.7 Å². The lowest BCUT2D eigenvalue weighted by atomic mass is 10.0. The summed E-state index contributed by atoms with van der Waals surface area (Å²) in [4.78, 5) is 28.9. The SMILES string of the molecule is Nc1ccc(CC(=O)N2CCCN(C(=O)CC3CCCC3)CC2)cc1. The Kier molecular flexibility index (Phi) is 5.95. The molecule has 1 heterocycles. The predicted octanol–water partition coefficient (Wildman–Crippen LogP) is 2.45. The molecule has 2 amide bonds. The number of nitrogen functional groups attached to an aromatic ring is 1.